The Kier molecular flexibility index (Phi) is 4.31. The average Bonchev–Trinajstić information content (AvgIpc) is 2.41. The zero-order chi connectivity index (χ0) is 14.8. The van der Waals surface area contributed by atoms with Gasteiger partial charge in [-0.2, -0.15) is 0 Å². The van der Waals surface area contributed by atoms with E-state index >= 15 is 0 Å². The maximum absolute atomic E-state index is 12.4. The number of anilines is 1. The van der Waals surface area contributed by atoms with E-state index in [0.717, 1.165) is 0 Å². The second kappa shape index (κ2) is 5.81. The van der Waals surface area contributed by atoms with Gasteiger partial charge in [-0.15, -0.1) is 0 Å². The molecule has 2 heterocycles. The maximum atomic E-state index is 12.4. The number of nitrogens with two attached hydrogens (primary N) is 1. The van der Waals surface area contributed by atoms with Crippen LogP contribution in [0.1, 0.15) is 5.69 Å². The minimum atomic E-state index is -3.85. The molecule has 0 fully saturated rings. The standard InChI is InChI=1S/C11H9BrN4O2S2/c12-7-6-14-5-3-8(7)16-20(17,18)9-2-1-4-15-10(9)11(13)19/h1-6H,(H2,13,19)(H,14,16). The number of sulfonamides is 1. The van der Waals surface area contributed by atoms with Crippen molar-refractivity contribution in [2.75, 3.05) is 4.72 Å². The Hall–Kier alpha value is -1.58. The molecule has 6 nitrogen and oxygen atoms in total. The SMILES string of the molecule is NC(=S)c1ncccc1S(=O)(=O)Nc1ccncc1Br. The number of hydrogen-bond donors (Lipinski definition) is 2. The van der Waals surface area contributed by atoms with Gasteiger partial charge in [-0.25, -0.2) is 8.42 Å². The largest absolute Gasteiger partial charge is 0.388 e. The van der Waals surface area contributed by atoms with Crippen LogP contribution in [0.5, 0.6) is 0 Å². The number of nitrogens with zero attached hydrogens (tertiary/aromatic N) is 2. The minimum absolute atomic E-state index is 0.0557. The quantitative estimate of drug-likeness (QED) is 0.792. The van der Waals surface area contributed by atoms with Crippen molar-refractivity contribution in [3.63, 3.8) is 0 Å². The van der Waals surface area contributed by atoms with Gasteiger partial charge in [0.05, 0.1) is 10.2 Å². The topological polar surface area (TPSA) is 98.0 Å². The van der Waals surface area contributed by atoms with Crippen molar-refractivity contribution in [2.45, 2.75) is 4.90 Å². The van der Waals surface area contributed by atoms with Crippen molar-refractivity contribution in [1.29, 1.82) is 0 Å². The Morgan fingerprint density at radius 3 is 2.75 bits per heavy atom. The van der Waals surface area contributed by atoms with Crippen molar-refractivity contribution in [3.8, 4) is 0 Å². The predicted molar refractivity (Wildman–Crippen MR) is 82.9 cm³/mol. The summed E-state index contributed by atoms with van der Waals surface area (Å²) in [6.45, 7) is 0. The molecule has 0 aromatic carbocycles. The van der Waals surface area contributed by atoms with Crippen molar-refractivity contribution in [3.05, 3.63) is 47.0 Å². The van der Waals surface area contributed by atoms with Gasteiger partial charge in [0, 0.05) is 18.6 Å². The Bertz CT molecular complexity index is 765. The molecule has 0 atom stereocenters. The Morgan fingerprint density at radius 2 is 2.10 bits per heavy atom. The highest BCUT2D eigenvalue weighted by molar-refractivity contribution is 9.10. The lowest BCUT2D eigenvalue weighted by Crippen LogP contribution is -2.21. The van der Waals surface area contributed by atoms with Crippen LogP contribution in [-0.4, -0.2) is 23.4 Å². The molecule has 0 spiro atoms. The van der Waals surface area contributed by atoms with E-state index in [1.165, 1.54) is 36.8 Å². The monoisotopic (exact) mass is 372 g/mol. The van der Waals surface area contributed by atoms with E-state index in [9.17, 15) is 8.42 Å². The molecule has 0 saturated heterocycles. The number of rotatable bonds is 4. The first-order valence-corrected chi connectivity index (χ1v) is 7.97. The van der Waals surface area contributed by atoms with E-state index in [4.69, 9.17) is 18.0 Å². The number of aromatic nitrogens is 2. The van der Waals surface area contributed by atoms with Crippen LogP contribution in [-0.2, 0) is 10.0 Å². The number of halogens is 1. The predicted octanol–water partition coefficient (Wildman–Crippen LogP) is 1.67. The van der Waals surface area contributed by atoms with Gasteiger partial charge in [0.2, 0.25) is 0 Å². The fourth-order valence-corrected chi connectivity index (χ4v) is 3.41. The summed E-state index contributed by atoms with van der Waals surface area (Å²) in [5.74, 6) is 0. The second-order valence-corrected chi connectivity index (χ2v) is 6.62. The van der Waals surface area contributed by atoms with Crippen LogP contribution in [0.2, 0.25) is 0 Å². The summed E-state index contributed by atoms with van der Waals surface area (Å²) in [4.78, 5) is 7.60. The molecule has 2 aromatic rings. The van der Waals surface area contributed by atoms with Crippen LogP contribution in [0.15, 0.2) is 46.2 Å². The van der Waals surface area contributed by atoms with Crippen LogP contribution in [0.25, 0.3) is 0 Å². The molecule has 3 N–H and O–H groups in total. The summed E-state index contributed by atoms with van der Waals surface area (Å²) in [5.41, 5.74) is 5.91. The highest BCUT2D eigenvalue weighted by Crippen LogP contribution is 2.24. The molecule has 20 heavy (non-hydrogen) atoms. The van der Waals surface area contributed by atoms with Crippen LogP contribution >= 0.6 is 28.1 Å². The van der Waals surface area contributed by atoms with Crippen molar-refractivity contribution < 1.29 is 8.42 Å². The average molecular weight is 373 g/mol. The smallest absolute Gasteiger partial charge is 0.264 e. The first-order chi connectivity index (χ1) is 9.42. The molecule has 104 valence electrons. The summed E-state index contributed by atoms with van der Waals surface area (Å²) in [6, 6.07) is 4.41. The van der Waals surface area contributed by atoms with E-state index in [1.54, 1.807) is 0 Å². The van der Waals surface area contributed by atoms with Crippen LogP contribution < -0.4 is 10.5 Å². The van der Waals surface area contributed by atoms with Gasteiger partial charge >= 0.3 is 0 Å². The van der Waals surface area contributed by atoms with Crippen molar-refractivity contribution in [2.24, 2.45) is 5.73 Å². The molecule has 0 amide bonds. The third-order valence-electron chi connectivity index (χ3n) is 2.31. The zero-order valence-corrected chi connectivity index (χ0v) is 13.2. The number of thiocarbonyl (C=S) groups is 1. The van der Waals surface area contributed by atoms with E-state index in [2.05, 4.69) is 30.6 Å². The van der Waals surface area contributed by atoms with E-state index in [0.29, 0.717) is 10.2 Å². The third kappa shape index (κ3) is 3.11. The highest BCUT2D eigenvalue weighted by atomic mass is 79.9. The molecule has 0 saturated carbocycles. The van der Waals surface area contributed by atoms with E-state index in [-0.39, 0.29) is 15.6 Å². The number of hydrogen-bond acceptors (Lipinski definition) is 5. The van der Waals surface area contributed by atoms with E-state index < -0.39 is 10.0 Å². The van der Waals surface area contributed by atoms with Gasteiger partial charge in [-0.05, 0) is 34.1 Å². The summed E-state index contributed by atoms with van der Waals surface area (Å²) in [6.07, 6.45) is 4.38. The molecule has 9 heteroatoms. The molecule has 2 rings (SSSR count). The molecule has 0 aliphatic heterocycles. The molecule has 0 bridgehead atoms. The normalized spacial score (nSPS) is 11.1. The third-order valence-corrected chi connectivity index (χ3v) is 4.53. The van der Waals surface area contributed by atoms with Gasteiger partial charge < -0.3 is 5.73 Å². The lowest BCUT2D eigenvalue weighted by molar-refractivity contribution is 0.600. The Labute approximate surface area is 129 Å². The summed E-state index contributed by atoms with van der Waals surface area (Å²) in [7, 11) is -3.85. The molecular weight excluding hydrogens is 364 g/mol. The van der Waals surface area contributed by atoms with Crippen molar-refractivity contribution >= 4 is 48.8 Å². The fourth-order valence-electron chi connectivity index (χ4n) is 1.45. The lowest BCUT2D eigenvalue weighted by Gasteiger charge is -2.11. The van der Waals surface area contributed by atoms with Gasteiger partial charge in [0.25, 0.3) is 10.0 Å². The van der Waals surface area contributed by atoms with Gasteiger partial charge in [-0.3, -0.25) is 14.7 Å². The number of nitrogens with one attached hydrogen (secondary N) is 1. The molecule has 0 radical (unpaired) electrons. The molecule has 2 aromatic heterocycles. The summed E-state index contributed by atoms with van der Waals surface area (Å²) < 4.78 is 27.7. The molecule has 0 unspecified atom stereocenters. The molecular formula is C11H9BrN4O2S2. The summed E-state index contributed by atoms with van der Waals surface area (Å²) in [5, 5.41) is 0. The maximum Gasteiger partial charge on any atom is 0.264 e. The molecule has 0 aliphatic rings. The lowest BCUT2D eigenvalue weighted by atomic mass is 10.3. The second-order valence-electron chi connectivity index (χ2n) is 3.68. The van der Waals surface area contributed by atoms with Crippen LogP contribution in [0.4, 0.5) is 5.69 Å². The Morgan fingerprint density at radius 1 is 1.35 bits per heavy atom. The van der Waals surface area contributed by atoms with E-state index in [1.807, 2.05) is 0 Å². The first-order valence-electron chi connectivity index (χ1n) is 5.29. The van der Waals surface area contributed by atoms with Gasteiger partial charge in [0.1, 0.15) is 15.6 Å². The van der Waals surface area contributed by atoms with Crippen molar-refractivity contribution in [1.82, 2.24) is 9.97 Å². The fraction of sp³-hybridized carbons (Fsp3) is 0. The van der Waals surface area contributed by atoms with Gasteiger partial charge in [0.15, 0.2) is 0 Å². The van der Waals surface area contributed by atoms with Crippen LogP contribution in [0, 0.1) is 0 Å². The Balaban J connectivity index is 2.47. The zero-order valence-electron chi connectivity index (χ0n) is 9.95. The van der Waals surface area contributed by atoms with Crippen LogP contribution in [0.3, 0.4) is 0 Å². The van der Waals surface area contributed by atoms with Gasteiger partial charge in [-0.1, -0.05) is 12.2 Å². The summed E-state index contributed by atoms with van der Waals surface area (Å²) >= 11 is 8.03. The number of pyridine rings is 2. The first kappa shape index (κ1) is 14.8. The highest BCUT2D eigenvalue weighted by Gasteiger charge is 2.21. The minimum Gasteiger partial charge on any atom is -0.388 e. The molecule has 0 aliphatic carbocycles.